The predicted octanol–water partition coefficient (Wildman–Crippen LogP) is 9.55. The van der Waals surface area contributed by atoms with Crippen LogP contribution in [-0.4, -0.2) is 91.7 Å². The topological polar surface area (TPSA) is 44.8 Å². The monoisotopic (exact) mass is 794 g/mol. The van der Waals surface area contributed by atoms with E-state index in [1.54, 1.807) is 0 Å². The SMILES string of the molecule is O=P(OCC(F)(F)C(F)(F)C(F)(F)C(F)(F)F)(OCC(F)(F)C(F)(F)C(F)(F)C(F)(F)F)OCC(F)(F)C(F)(F)C(F)(F)C(F)(F)F. The van der Waals surface area contributed by atoms with E-state index in [0.29, 0.717) is 0 Å². The number of alkyl halides is 27. The Morgan fingerprint density at radius 3 is 0.574 bits per heavy atom. The Morgan fingerprint density at radius 2 is 0.447 bits per heavy atom. The van der Waals surface area contributed by atoms with Crippen molar-refractivity contribution < 1.29 is 137 Å². The summed E-state index contributed by atoms with van der Waals surface area (Å²) in [4.78, 5) is 0. The molecule has 47 heavy (non-hydrogen) atoms. The van der Waals surface area contributed by atoms with E-state index in [-0.39, 0.29) is 0 Å². The van der Waals surface area contributed by atoms with Crippen LogP contribution in [0.2, 0.25) is 0 Å². The number of halogens is 27. The van der Waals surface area contributed by atoms with Gasteiger partial charge >= 0.3 is 79.7 Å². The quantitative estimate of drug-likeness (QED) is 0.123. The maximum Gasteiger partial charge on any atom is 0.475 e. The minimum atomic E-state index is -8.01. The molecule has 0 rings (SSSR count). The van der Waals surface area contributed by atoms with Crippen LogP contribution in [0.4, 0.5) is 119 Å². The van der Waals surface area contributed by atoms with Crippen molar-refractivity contribution in [1.29, 1.82) is 0 Å². The minimum absolute atomic E-state index is 2.62. The molecule has 0 aliphatic rings. The molecule has 4 nitrogen and oxygen atoms in total. The molecule has 0 fully saturated rings. The molecular formula is C15H6F27O4P. The predicted molar refractivity (Wildman–Crippen MR) is 88.2 cm³/mol. The highest BCUT2D eigenvalue weighted by molar-refractivity contribution is 7.48. The van der Waals surface area contributed by atoms with Gasteiger partial charge in [0.25, 0.3) is 0 Å². The third-order valence-corrected chi connectivity index (χ3v) is 6.18. The molecule has 0 saturated carbocycles. The first-order chi connectivity index (χ1) is 19.9. The van der Waals surface area contributed by atoms with Crippen molar-refractivity contribution in [3.05, 3.63) is 0 Å². The lowest BCUT2D eigenvalue weighted by molar-refractivity contribution is -0.400. The van der Waals surface area contributed by atoms with Gasteiger partial charge in [-0.3, -0.25) is 13.6 Å². The number of phosphoric ester groups is 1. The van der Waals surface area contributed by atoms with Crippen LogP contribution in [-0.2, 0) is 18.1 Å². The lowest BCUT2D eigenvalue weighted by Crippen LogP contribution is -2.62. The molecule has 0 aliphatic heterocycles. The Balaban J connectivity index is 6.84. The van der Waals surface area contributed by atoms with E-state index in [4.69, 9.17) is 0 Å². The third kappa shape index (κ3) is 7.85. The zero-order valence-corrected chi connectivity index (χ0v) is 21.3. The van der Waals surface area contributed by atoms with Gasteiger partial charge in [0.1, 0.15) is 19.8 Å². The van der Waals surface area contributed by atoms with Crippen molar-refractivity contribution in [1.82, 2.24) is 0 Å². The summed E-state index contributed by atoms with van der Waals surface area (Å²) in [6.45, 7) is -13.0. The molecular weight excluding hydrogens is 788 g/mol. The Hall–Kier alpha value is -1.78. The molecule has 0 radical (unpaired) electrons. The van der Waals surface area contributed by atoms with Crippen LogP contribution in [0.1, 0.15) is 0 Å². The van der Waals surface area contributed by atoms with E-state index in [0.717, 1.165) is 0 Å². The first-order valence-corrected chi connectivity index (χ1v) is 11.5. The van der Waals surface area contributed by atoms with Gasteiger partial charge in [0.2, 0.25) is 0 Å². The Morgan fingerprint density at radius 1 is 0.298 bits per heavy atom. The fourth-order valence-corrected chi connectivity index (χ4v) is 3.27. The molecule has 0 N–H and O–H groups in total. The zero-order chi connectivity index (χ0) is 38.7. The highest BCUT2D eigenvalue weighted by Crippen LogP contribution is 2.60. The second-order valence-corrected chi connectivity index (χ2v) is 9.99. The second-order valence-electron chi connectivity index (χ2n) is 8.32. The van der Waals surface area contributed by atoms with Gasteiger partial charge < -0.3 is 0 Å². The van der Waals surface area contributed by atoms with Crippen molar-refractivity contribution >= 4 is 7.82 Å². The van der Waals surface area contributed by atoms with Crippen LogP contribution in [0.25, 0.3) is 0 Å². The fraction of sp³-hybridized carbons (Fsp3) is 1.00. The molecule has 0 aromatic carbocycles. The molecule has 0 bridgehead atoms. The largest absolute Gasteiger partial charge is 0.475 e. The Kier molecular flexibility index (Phi) is 11.8. The lowest BCUT2D eigenvalue weighted by Gasteiger charge is -2.35. The highest BCUT2D eigenvalue weighted by atomic mass is 31.2. The van der Waals surface area contributed by atoms with Crippen molar-refractivity contribution in [3.63, 3.8) is 0 Å². The van der Waals surface area contributed by atoms with Crippen LogP contribution < -0.4 is 0 Å². The minimum Gasteiger partial charge on any atom is -0.280 e. The Bertz CT molecular complexity index is 995. The van der Waals surface area contributed by atoms with Gasteiger partial charge in [0.15, 0.2) is 0 Å². The maximum atomic E-state index is 13.6. The molecule has 32 heteroatoms. The molecule has 0 aliphatic carbocycles. The van der Waals surface area contributed by atoms with Crippen molar-refractivity contribution in [3.8, 4) is 0 Å². The number of rotatable bonds is 15. The molecule has 0 aromatic heterocycles. The molecule has 0 atom stereocenters. The van der Waals surface area contributed by atoms with Crippen LogP contribution in [0, 0.1) is 0 Å². The van der Waals surface area contributed by atoms with Gasteiger partial charge in [-0.1, -0.05) is 0 Å². The maximum absolute atomic E-state index is 13.6. The first kappa shape index (κ1) is 45.2. The molecule has 0 unspecified atom stereocenters. The first-order valence-electron chi connectivity index (χ1n) is 10.0. The van der Waals surface area contributed by atoms with E-state index >= 15 is 0 Å². The average molecular weight is 794 g/mol. The molecule has 284 valence electrons. The van der Waals surface area contributed by atoms with Crippen LogP contribution in [0.5, 0.6) is 0 Å². The highest BCUT2D eigenvalue weighted by Gasteiger charge is 2.84. The van der Waals surface area contributed by atoms with Crippen LogP contribution >= 0.6 is 7.82 Å². The van der Waals surface area contributed by atoms with E-state index in [1.165, 1.54) is 0 Å². The van der Waals surface area contributed by atoms with Crippen molar-refractivity contribution in [2.24, 2.45) is 0 Å². The molecule has 0 amide bonds. The summed E-state index contributed by atoms with van der Waals surface area (Å²) in [5, 5.41) is 0. The van der Waals surface area contributed by atoms with Gasteiger partial charge in [0.05, 0.1) is 0 Å². The van der Waals surface area contributed by atoms with Gasteiger partial charge in [-0.15, -0.1) is 0 Å². The average Bonchev–Trinajstić information content (AvgIpc) is 2.82. The van der Waals surface area contributed by atoms with Gasteiger partial charge in [-0.25, -0.2) is 4.57 Å². The molecule has 0 spiro atoms. The number of phosphoric acid groups is 1. The van der Waals surface area contributed by atoms with E-state index in [2.05, 4.69) is 13.6 Å². The van der Waals surface area contributed by atoms with Gasteiger partial charge in [-0.2, -0.15) is 119 Å². The van der Waals surface area contributed by atoms with E-state index in [9.17, 15) is 123 Å². The lowest BCUT2D eigenvalue weighted by atomic mass is 10.1. The summed E-state index contributed by atoms with van der Waals surface area (Å²) in [6, 6.07) is 0. The summed E-state index contributed by atoms with van der Waals surface area (Å²) < 4.78 is 368. The zero-order valence-electron chi connectivity index (χ0n) is 20.4. The van der Waals surface area contributed by atoms with Gasteiger partial charge in [0, 0.05) is 0 Å². The number of hydrogen-bond donors (Lipinski definition) is 0. The standard InChI is InChI=1S/C15H6F27O4P/c16-4(17,7(22,23)10(28,29)13(34,35)36)1-44-47(43,45-2-5(18,19)8(24,25)11(30,31)14(37,38)39)46-3-6(20,21)9(26,27)12(32,33)15(40,41)42/h1-3H2. The van der Waals surface area contributed by atoms with Crippen molar-refractivity contribution in [2.45, 2.75) is 71.8 Å². The Labute approximate surface area is 237 Å². The smallest absolute Gasteiger partial charge is 0.280 e. The third-order valence-electron chi connectivity index (χ3n) is 4.84. The summed E-state index contributed by atoms with van der Waals surface area (Å²) in [7, 11) is -8.01. The molecule has 0 aromatic rings. The normalized spacial score (nSPS) is 16.6. The summed E-state index contributed by atoms with van der Waals surface area (Å²) in [6.07, 6.45) is -23.1. The van der Waals surface area contributed by atoms with Crippen LogP contribution in [0.3, 0.4) is 0 Å². The molecule has 0 heterocycles. The summed E-state index contributed by atoms with van der Waals surface area (Å²) in [5.74, 6) is -69.7. The van der Waals surface area contributed by atoms with E-state index in [1.807, 2.05) is 0 Å². The fourth-order valence-electron chi connectivity index (χ4n) is 2.09. The second kappa shape index (κ2) is 12.2. The van der Waals surface area contributed by atoms with Gasteiger partial charge in [-0.05, 0) is 0 Å². The van der Waals surface area contributed by atoms with Crippen LogP contribution in [0.15, 0.2) is 0 Å². The van der Waals surface area contributed by atoms with Crippen molar-refractivity contribution in [2.75, 3.05) is 19.8 Å². The number of hydrogen-bond acceptors (Lipinski definition) is 4. The summed E-state index contributed by atoms with van der Waals surface area (Å²) in [5.41, 5.74) is 0. The summed E-state index contributed by atoms with van der Waals surface area (Å²) >= 11 is 0. The molecule has 0 saturated heterocycles. The van der Waals surface area contributed by atoms with E-state index < -0.39 is 99.5 Å².